The number of fused-ring (bicyclic) bond motifs is 2. The lowest BCUT2D eigenvalue weighted by molar-refractivity contribution is 0.0972. The molecule has 0 saturated carbocycles. The van der Waals surface area contributed by atoms with Gasteiger partial charge in [0.05, 0.1) is 29.2 Å². The van der Waals surface area contributed by atoms with Crippen molar-refractivity contribution >= 4 is 34.6 Å². The molecule has 0 saturated heterocycles. The Labute approximate surface area is 140 Å². The molecule has 1 heterocycles. The number of amides is 1. The van der Waals surface area contributed by atoms with Crippen molar-refractivity contribution in [1.82, 2.24) is 0 Å². The van der Waals surface area contributed by atoms with Gasteiger partial charge in [0.15, 0.2) is 0 Å². The van der Waals surface area contributed by atoms with E-state index in [1.165, 1.54) is 0 Å². The smallest absolute Gasteiger partial charge is 0.260 e. The van der Waals surface area contributed by atoms with Gasteiger partial charge in [-0.2, -0.15) is 0 Å². The van der Waals surface area contributed by atoms with Gasteiger partial charge in [-0.15, -0.1) is 6.42 Å². The minimum atomic E-state index is -0.0987. The van der Waals surface area contributed by atoms with Crippen LogP contribution in [-0.2, 0) is 4.74 Å². The predicted octanol–water partition coefficient (Wildman–Crippen LogP) is 3.69. The van der Waals surface area contributed by atoms with Crippen molar-refractivity contribution in [3.05, 3.63) is 53.1 Å². The van der Waals surface area contributed by atoms with Crippen molar-refractivity contribution in [3.8, 4) is 12.3 Å². The van der Waals surface area contributed by atoms with Crippen LogP contribution in [0.5, 0.6) is 0 Å². The van der Waals surface area contributed by atoms with E-state index in [-0.39, 0.29) is 12.5 Å². The summed E-state index contributed by atoms with van der Waals surface area (Å²) in [4.78, 5) is 14.6. The minimum Gasteiger partial charge on any atom is -0.367 e. The summed E-state index contributed by atoms with van der Waals surface area (Å²) in [7, 11) is 0. The molecule has 3 rings (SSSR count). The molecule has 1 aliphatic rings. The zero-order valence-electron chi connectivity index (χ0n) is 12.4. The van der Waals surface area contributed by atoms with Gasteiger partial charge in [-0.05, 0) is 30.3 Å². The van der Waals surface area contributed by atoms with E-state index in [1.807, 2.05) is 24.3 Å². The number of rotatable bonds is 4. The number of terminal acetylenes is 1. The lowest BCUT2D eigenvalue weighted by Crippen LogP contribution is -2.33. The van der Waals surface area contributed by atoms with E-state index in [0.717, 1.165) is 11.4 Å². The fourth-order valence-corrected chi connectivity index (χ4v) is 2.70. The van der Waals surface area contributed by atoms with Crippen LogP contribution in [0.2, 0.25) is 5.02 Å². The predicted molar refractivity (Wildman–Crippen MR) is 92.5 cm³/mol. The Bertz CT molecular complexity index is 783. The summed E-state index contributed by atoms with van der Waals surface area (Å²) >= 11 is 6.06. The highest BCUT2D eigenvalue weighted by molar-refractivity contribution is 6.31. The molecular weight excluding hydrogens is 312 g/mol. The Kier molecular flexibility index (Phi) is 4.52. The molecule has 0 aliphatic carbocycles. The van der Waals surface area contributed by atoms with Crippen molar-refractivity contribution in [3.63, 3.8) is 0 Å². The zero-order valence-corrected chi connectivity index (χ0v) is 13.1. The molecule has 4 nitrogen and oxygen atoms in total. The van der Waals surface area contributed by atoms with Crippen molar-refractivity contribution in [2.24, 2.45) is 0 Å². The van der Waals surface area contributed by atoms with Gasteiger partial charge in [-0.1, -0.05) is 29.7 Å². The average molecular weight is 327 g/mol. The Balaban J connectivity index is 1.99. The molecule has 0 unspecified atom stereocenters. The summed E-state index contributed by atoms with van der Waals surface area (Å²) in [5.41, 5.74) is 2.91. The molecule has 2 aromatic carbocycles. The standard InChI is InChI=1S/C18H15ClN2O2/c1-2-10-23-11-9-21-17-6-4-3-5-15(17)20-16-12-13(19)7-8-14(16)18(21)22/h1,3-8,12,20H,9-11H2. The third-order valence-electron chi connectivity index (χ3n) is 3.57. The summed E-state index contributed by atoms with van der Waals surface area (Å²) in [5.74, 6) is 2.32. The number of hydrogen-bond acceptors (Lipinski definition) is 3. The first kappa shape index (κ1) is 15.4. The van der Waals surface area contributed by atoms with Crippen molar-refractivity contribution in [2.75, 3.05) is 30.0 Å². The third-order valence-corrected chi connectivity index (χ3v) is 3.80. The number of nitrogens with zero attached hydrogens (tertiary/aromatic N) is 1. The van der Waals surface area contributed by atoms with Gasteiger partial charge < -0.3 is 15.0 Å². The van der Waals surface area contributed by atoms with E-state index in [0.29, 0.717) is 29.4 Å². The molecule has 0 fully saturated rings. The van der Waals surface area contributed by atoms with Gasteiger partial charge in [0.2, 0.25) is 0 Å². The zero-order chi connectivity index (χ0) is 16.2. The number of nitrogens with one attached hydrogen (secondary N) is 1. The van der Waals surface area contributed by atoms with Crippen LogP contribution in [0.15, 0.2) is 42.5 Å². The van der Waals surface area contributed by atoms with Crippen molar-refractivity contribution in [1.29, 1.82) is 0 Å². The second-order valence-electron chi connectivity index (χ2n) is 5.05. The minimum absolute atomic E-state index is 0.0987. The van der Waals surface area contributed by atoms with Crippen LogP contribution < -0.4 is 10.2 Å². The summed E-state index contributed by atoms with van der Waals surface area (Å²) in [5, 5.41) is 3.86. The van der Waals surface area contributed by atoms with E-state index in [2.05, 4.69) is 11.2 Å². The molecule has 0 spiro atoms. The molecule has 0 atom stereocenters. The van der Waals surface area contributed by atoms with Crippen LogP contribution >= 0.6 is 11.6 Å². The van der Waals surface area contributed by atoms with E-state index in [9.17, 15) is 4.79 Å². The average Bonchev–Trinajstić information content (AvgIpc) is 2.66. The lowest BCUT2D eigenvalue weighted by atomic mass is 10.1. The van der Waals surface area contributed by atoms with Crippen LogP contribution in [-0.4, -0.2) is 25.7 Å². The maximum Gasteiger partial charge on any atom is 0.260 e. The summed E-state index contributed by atoms with van der Waals surface area (Å²) in [6.07, 6.45) is 5.18. The highest BCUT2D eigenvalue weighted by Crippen LogP contribution is 2.36. The quantitative estimate of drug-likeness (QED) is 0.688. The molecule has 0 radical (unpaired) electrons. The normalized spacial score (nSPS) is 12.7. The molecule has 2 aromatic rings. The molecule has 116 valence electrons. The number of carbonyl (C=O) groups is 1. The van der Waals surface area contributed by atoms with E-state index in [4.69, 9.17) is 22.8 Å². The Morgan fingerprint density at radius 1 is 1.22 bits per heavy atom. The second-order valence-corrected chi connectivity index (χ2v) is 5.48. The van der Waals surface area contributed by atoms with Crippen LogP contribution in [0, 0.1) is 12.3 Å². The summed E-state index contributed by atoms with van der Waals surface area (Å²) in [6.45, 7) is 1.02. The number of halogens is 1. The fraction of sp³-hybridized carbons (Fsp3) is 0.167. The Morgan fingerprint density at radius 2 is 2.04 bits per heavy atom. The maximum atomic E-state index is 12.9. The molecule has 0 bridgehead atoms. The van der Waals surface area contributed by atoms with E-state index >= 15 is 0 Å². The molecule has 1 amide bonds. The summed E-state index contributed by atoms with van der Waals surface area (Å²) in [6, 6.07) is 12.8. The highest BCUT2D eigenvalue weighted by Gasteiger charge is 2.26. The topological polar surface area (TPSA) is 41.6 Å². The first-order chi connectivity index (χ1) is 11.2. The van der Waals surface area contributed by atoms with Gasteiger partial charge >= 0.3 is 0 Å². The SMILES string of the molecule is C#CCOCCN1C(=O)c2ccc(Cl)cc2Nc2ccccc21. The largest absolute Gasteiger partial charge is 0.367 e. The molecule has 0 aromatic heterocycles. The van der Waals surface area contributed by atoms with Crippen LogP contribution in [0.25, 0.3) is 0 Å². The van der Waals surface area contributed by atoms with Gasteiger partial charge in [0.25, 0.3) is 5.91 Å². The molecular formula is C18H15ClN2O2. The number of hydrogen-bond donors (Lipinski definition) is 1. The Morgan fingerprint density at radius 3 is 2.87 bits per heavy atom. The number of anilines is 3. The van der Waals surface area contributed by atoms with Crippen molar-refractivity contribution < 1.29 is 9.53 Å². The van der Waals surface area contributed by atoms with Crippen LogP contribution in [0.3, 0.4) is 0 Å². The number of carbonyl (C=O) groups excluding carboxylic acids is 1. The third kappa shape index (κ3) is 3.16. The molecule has 23 heavy (non-hydrogen) atoms. The van der Waals surface area contributed by atoms with Crippen molar-refractivity contribution in [2.45, 2.75) is 0 Å². The number of para-hydroxylation sites is 2. The number of benzene rings is 2. The second kappa shape index (κ2) is 6.74. The first-order valence-corrected chi connectivity index (χ1v) is 7.57. The van der Waals surface area contributed by atoms with Gasteiger partial charge in [0, 0.05) is 11.6 Å². The molecule has 1 aliphatic heterocycles. The summed E-state index contributed by atoms with van der Waals surface area (Å²) < 4.78 is 5.33. The van der Waals surface area contributed by atoms with Gasteiger partial charge in [0.1, 0.15) is 6.61 Å². The fourth-order valence-electron chi connectivity index (χ4n) is 2.53. The van der Waals surface area contributed by atoms with E-state index in [1.54, 1.807) is 23.1 Å². The van der Waals surface area contributed by atoms with E-state index < -0.39 is 0 Å². The lowest BCUT2D eigenvalue weighted by Gasteiger charge is -2.22. The van der Waals surface area contributed by atoms with Gasteiger partial charge in [-0.25, -0.2) is 0 Å². The van der Waals surface area contributed by atoms with Crippen LogP contribution in [0.1, 0.15) is 10.4 Å². The maximum absolute atomic E-state index is 12.9. The van der Waals surface area contributed by atoms with Crippen LogP contribution in [0.4, 0.5) is 17.1 Å². The monoisotopic (exact) mass is 326 g/mol. The van der Waals surface area contributed by atoms with Gasteiger partial charge in [-0.3, -0.25) is 4.79 Å². The number of ether oxygens (including phenoxy) is 1. The Hall–Kier alpha value is -2.48. The highest BCUT2D eigenvalue weighted by atomic mass is 35.5. The first-order valence-electron chi connectivity index (χ1n) is 7.19. The molecule has 1 N–H and O–H groups in total. The molecule has 5 heteroatoms.